The van der Waals surface area contributed by atoms with E-state index in [4.69, 9.17) is 0 Å². The van der Waals surface area contributed by atoms with Gasteiger partial charge in [0.1, 0.15) is 18.0 Å². The fraction of sp³-hybridized carbons (Fsp3) is 0.364. The highest BCUT2D eigenvalue weighted by Crippen LogP contribution is 2.14. The summed E-state index contributed by atoms with van der Waals surface area (Å²) in [6.45, 7) is 4.11. The molecular weight excluding hydrogens is 202 g/mol. The first-order chi connectivity index (χ1) is 7.79. The van der Waals surface area contributed by atoms with E-state index >= 15 is 0 Å². The van der Waals surface area contributed by atoms with Crippen LogP contribution in [-0.4, -0.2) is 19.9 Å². The molecule has 84 valence electrons. The van der Waals surface area contributed by atoms with Gasteiger partial charge in [-0.05, 0) is 13.3 Å². The largest absolute Gasteiger partial charge is 0.360 e. The number of nitrogens with zero attached hydrogens (tertiary/aromatic N) is 3. The summed E-state index contributed by atoms with van der Waals surface area (Å²) in [6, 6.07) is 2.06. The molecule has 0 fully saturated rings. The molecule has 5 heteroatoms. The lowest BCUT2D eigenvalue weighted by molar-refractivity contribution is 0.800. The monoisotopic (exact) mass is 217 g/mol. The second-order valence-corrected chi connectivity index (χ2v) is 3.59. The number of hydrogen-bond donors (Lipinski definition) is 2. The van der Waals surface area contributed by atoms with Crippen LogP contribution in [0.1, 0.15) is 31.4 Å². The van der Waals surface area contributed by atoms with Gasteiger partial charge in [0.15, 0.2) is 0 Å². The van der Waals surface area contributed by atoms with Gasteiger partial charge in [-0.15, -0.1) is 0 Å². The first-order valence-electron chi connectivity index (χ1n) is 5.36. The fourth-order valence-corrected chi connectivity index (χ4v) is 1.47. The minimum atomic E-state index is 0.106. The van der Waals surface area contributed by atoms with Crippen molar-refractivity contribution < 1.29 is 0 Å². The maximum atomic E-state index is 4.19. The van der Waals surface area contributed by atoms with Crippen LogP contribution >= 0.6 is 0 Å². The van der Waals surface area contributed by atoms with Crippen molar-refractivity contribution >= 4 is 5.82 Å². The van der Waals surface area contributed by atoms with E-state index in [1.165, 1.54) is 0 Å². The molecule has 2 heterocycles. The number of H-pyrrole nitrogens is 1. The molecule has 0 bridgehead atoms. The van der Waals surface area contributed by atoms with E-state index < -0.39 is 0 Å². The van der Waals surface area contributed by atoms with Crippen LogP contribution < -0.4 is 5.32 Å². The highest BCUT2D eigenvalue weighted by Gasteiger charge is 2.07. The lowest BCUT2D eigenvalue weighted by Crippen LogP contribution is -2.10. The Labute approximate surface area is 94.4 Å². The third-order valence-corrected chi connectivity index (χ3v) is 2.38. The highest BCUT2D eigenvalue weighted by atomic mass is 15.1. The Hall–Kier alpha value is -1.91. The Morgan fingerprint density at radius 1 is 1.38 bits per heavy atom. The molecule has 16 heavy (non-hydrogen) atoms. The van der Waals surface area contributed by atoms with Crippen molar-refractivity contribution in [2.45, 2.75) is 26.3 Å². The van der Waals surface area contributed by atoms with Gasteiger partial charge in [-0.25, -0.2) is 15.0 Å². The molecular formula is C11H15N5. The van der Waals surface area contributed by atoms with Gasteiger partial charge in [0.2, 0.25) is 0 Å². The number of imidazole rings is 1. The van der Waals surface area contributed by atoms with Crippen molar-refractivity contribution in [1.29, 1.82) is 0 Å². The summed E-state index contributed by atoms with van der Waals surface area (Å²) >= 11 is 0. The molecule has 0 aliphatic heterocycles. The van der Waals surface area contributed by atoms with Gasteiger partial charge in [-0.1, -0.05) is 6.92 Å². The van der Waals surface area contributed by atoms with Crippen LogP contribution in [0.15, 0.2) is 24.8 Å². The molecule has 1 atom stereocenters. The summed E-state index contributed by atoms with van der Waals surface area (Å²) in [7, 11) is 0. The van der Waals surface area contributed by atoms with Crippen molar-refractivity contribution in [3.63, 3.8) is 0 Å². The first-order valence-corrected chi connectivity index (χ1v) is 5.36. The predicted molar refractivity (Wildman–Crippen MR) is 62.0 cm³/mol. The van der Waals surface area contributed by atoms with Gasteiger partial charge >= 0.3 is 0 Å². The SMILES string of the molecule is CCc1cc(NC(C)c2ncc[nH]2)ncn1. The predicted octanol–water partition coefficient (Wildman–Crippen LogP) is 1.94. The molecule has 0 aliphatic carbocycles. The summed E-state index contributed by atoms with van der Waals surface area (Å²) < 4.78 is 0. The summed E-state index contributed by atoms with van der Waals surface area (Å²) in [5.74, 6) is 1.73. The summed E-state index contributed by atoms with van der Waals surface area (Å²) in [6.07, 6.45) is 6.04. The van der Waals surface area contributed by atoms with E-state index in [2.05, 4.69) is 32.2 Å². The van der Waals surface area contributed by atoms with Gasteiger partial charge in [0.25, 0.3) is 0 Å². The topological polar surface area (TPSA) is 66.5 Å². The highest BCUT2D eigenvalue weighted by molar-refractivity contribution is 5.36. The van der Waals surface area contributed by atoms with E-state index in [9.17, 15) is 0 Å². The number of aromatic nitrogens is 4. The molecule has 0 amide bonds. The Kier molecular flexibility index (Phi) is 3.14. The minimum absolute atomic E-state index is 0.106. The number of hydrogen-bond acceptors (Lipinski definition) is 4. The number of nitrogens with one attached hydrogen (secondary N) is 2. The molecule has 0 aliphatic rings. The molecule has 0 saturated carbocycles. The fourth-order valence-electron chi connectivity index (χ4n) is 1.47. The molecule has 2 N–H and O–H groups in total. The van der Waals surface area contributed by atoms with Gasteiger partial charge in [0, 0.05) is 24.2 Å². The van der Waals surface area contributed by atoms with E-state index in [0.717, 1.165) is 23.8 Å². The number of aryl methyl sites for hydroxylation is 1. The second-order valence-electron chi connectivity index (χ2n) is 3.59. The lowest BCUT2D eigenvalue weighted by atomic mass is 10.3. The van der Waals surface area contributed by atoms with Gasteiger partial charge in [-0.3, -0.25) is 0 Å². The molecule has 0 aromatic carbocycles. The van der Waals surface area contributed by atoms with Gasteiger partial charge in [-0.2, -0.15) is 0 Å². The molecule has 0 spiro atoms. The van der Waals surface area contributed by atoms with E-state index in [1.54, 1.807) is 12.5 Å². The molecule has 1 unspecified atom stereocenters. The van der Waals surface area contributed by atoms with Gasteiger partial charge < -0.3 is 10.3 Å². The normalized spacial score (nSPS) is 12.4. The zero-order valence-electron chi connectivity index (χ0n) is 9.44. The first kappa shape index (κ1) is 10.6. The number of anilines is 1. The van der Waals surface area contributed by atoms with Crippen LogP contribution in [0, 0.1) is 0 Å². The smallest absolute Gasteiger partial charge is 0.130 e. The van der Waals surface area contributed by atoms with Crippen molar-refractivity contribution in [3.05, 3.63) is 36.3 Å². The zero-order chi connectivity index (χ0) is 11.4. The maximum absolute atomic E-state index is 4.19. The van der Waals surface area contributed by atoms with Crippen molar-refractivity contribution in [1.82, 2.24) is 19.9 Å². The Morgan fingerprint density at radius 3 is 2.94 bits per heavy atom. The number of aromatic amines is 1. The van der Waals surface area contributed by atoms with Crippen LogP contribution in [0.25, 0.3) is 0 Å². The zero-order valence-corrected chi connectivity index (χ0v) is 9.44. The van der Waals surface area contributed by atoms with Crippen LogP contribution in [-0.2, 0) is 6.42 Å². The third-order valence-electron chi connectivity index (χ3n) is 2.38. The Balaban J connectivity index is 2.08. The molecule has 5 nitrogen and oxygen atoms in total. The standard InChI is InChI=1S/C11H15N5/c1-3-9-6-10(15-7-14-9)16-8(2)11-12-4-5-13-11/h4-8H,3H2,1-2H3,(H,12,13)(H,14,15,16). The number of rotatable bonds is 4. The average Bonchev–Trinajstić information content (AvgIpc) is 2.83. The quantitative estimate of drug-likeness (QED) is 0.821. The maximum Gasteiger partial charge on any atom is 0.130 e. The average molecular weight is 217 g/mol. The summed E-state index contributed by atoms with van der Waals surface area (Å²) in [5.41, 5.74) is 1.03. The van der Waals surface area contributed by atoms with Crippen LogP contribution in [0.3, 0.4) is 0 Å². The molecule has 2 rings (SSSR count). The van der Waals surface area contributed by atoms with E-state index in [1.807, 2.05) is 19.2 Å². The van der Waals surface area contributed by atoms with Crippen LogP contribution in [0.2, 0.25) is 0 Å². The van der Waals surface area contributed by atoms with Crippen molar-refractivity contribution in [3.8, 4) is 0 Å². The van der Waals surface area contributed by atoms with Crippen molar-refractivity contribution in [2.24, 2.45) is 0 Å². The Morgan fingerprint density at radius 2 is 2.25 bits per heavy atom. The van der Waals surface area contributed by atoms with Gasteiger partial charge in [0.05, 0.1) is 6.04 Å². The summed E-state index contributed by atoms with van der Waals surface area (Å²) in [5, 5.41) is 3.27. The second kappa shape index (κ2) is 4.74. The van der Waals surface area contributed by atoms with Crippen LogP contribution in [0.4, 0.5) is 5.82 Å². The van der Waals surface area contributed by atoms with E-state index in [0.29, 0.717) is 0 Å². The molecule has 0 saturated heterocycles. The third kappa shape index (κ3) is 2.36. The van der Waals surface area contributed by atoms with Crippen molar-refractivity contribution in [2.75, 3.05) is 5.32 Å². The Bertz CT molecular complexity index is 437. The minimum Gasteiger partial charge on any atom is -0.360 e. The van der Waals surface area contributed by atoms with Crippen LogP contribution in [0.5, 0.6) is 0 Å². The lowest BCUT2D eigenvalue weighted by Gasteiger charge is -2.12. The molecule has 0 radical (unpaired) electrons. The summed E-state index contributed by atoms with van der Waals surface area (Å²) in [4.78, 5) is 15.6. The molecule has 2 aromatic heterocycles. The van der Waals surface area contributed by atoms with E-state index in [-0.39, 0.29) is 6.04 Å². The molecule has 2 aromatic rings.